The van der Waals surface area contributed by atoms with E-state index in [-0.39, 0.29) is 5.56 Å². The molecule has 0 saturated heterocycles. The van der Waals surface area contributed by atoms with Gasteiger partial charge in [-0.3, -0.25) is 0 Å². The maximum atomic E-state index is 10.7. The molecule has 3 nitrogen and oxygen atoms in total. The summed E-state index contributed by atoms with van der Waals surface area (Å²) in [6.45, 7) is 2.38. The molecule has 0 saturated carbocycles. The van der Waals surface area contributed by atoms with Gasteiger partial charge >= 0.3 is 5.97 Å². The lowest BCUT2D eigenvalue weighted by Crippen LogP contribution is -1.98. The summed E-state index contributed by atoms with van der Waals surface area (Å²) in [4.78, 5) is 10.7. The van der Waals surface area contributed by atoms with E-state index >= 15 is 0 Å². The molecule has 1 aromatic rings. The number of carboxylic acid groups (broad SMARTS) is 1. The van der Waals surface area contributed by atoms with Gasteiger partial charge in [0, 0.05) is 0 Å². The molecule has 0 aliphatic rings. The molecule has 0 radical (unpaired) electrons. The number of allylic oxidation sites excluding steroid dienone is 1. The Bertz CT molecular complexity index is 385. The van der Waals surface area contributed by atoms with Crippen molar-refractivity contribution in [1.82, 2.24) is 0 Å². The van der Waals surface area contributed by atoms with Crippen molar-refractivity contribution >= 4 is 21.9 Å². The molecule has 0 unspecified atom stereocenters. The van der Waals surface area contributed by atoms with Crippen LogP contribution in [-0.2, 0) is 0 Å². The summed E-state index contributed by atoms with van der Waals surface area (Å²) in [6, 6.07) is 4.67. The van der Waals surface area contributed by atoms with Crippen LogP contribution in [0.2, 0.25) is 0 Å². The summed E-state index contributed by atoms with van der Waals surface area (Å²) in [5, 5.41) is 8.74. The third-order valence-corrected chi connectivity index (χ3v) is 2.37. The molecule has 1 N–H and O–H groups in total. The van der Waals surface area contributed by atoms with Crippen LogP contribution < -0.4 is 4.74 Å². The van der Waals surface area contributed by atoms with Gasteiger partial charge in [0.05, 0.1) is 10.0 Å². The summed E-state index contributed by atoms with van der Waals surface area (Å²) in [5.41, 5.74) is 0.236. The molecule has 0 amide bonds. The first-order valence-electron chi connectivity index (χ1n) is 4.42. The van der Waals surface area contributed by atoms with E-state index in [1.165, 1.54) is 12.1 Å². The van der Waals surface area contributed by atoms with E-state index in [2.05, 4.69) is 15.9 Å². The molecular weight excluding hydrogens is 260 g/mol. The standard InChI is InChI=1S/C11H11BrO3/c1-2-3-6-15-10-5-4-8(11(13)14)7-9(10)12/h2-5,7H,6H2,1H3,(H,13,14). The van der Waals surface area contributed by atoms with Crippen LogP contribution in [0.4, 0.5) is 0 Å². The van der Waals surface area contributed by atoms with Gasteiger partial charge < -0.3 is 9.84 Å². The predicted octanol–water partition coefficient (Wildman–Crippen LogP) is 3.10. The Morgan fingerprint density at radius 1 is 1.60 bits per heavy atom. The van der Waals surface area contributed by atoms with Crippen LogP contribution >= 0.6 is 15.9 Å². The number of halogens is 1. The zero-order chi connectivity index (χ0) is 11.3. The van der Waals surface area contributed by atoms with Gasteiger partial charge in [0.15, 0.2) is 0 Å². The highest BCUT2D eigenvalue weighted by Crippen LogP contribution is 2.25. The first-order valence-corrected chi connectivity index (χ1v) is 5.21. The number of rotatable bonds is 4. The fourth-order valence-electron chi connectivity index (χ4n) is 0.985. The van der Waals surface area contributed by atoms with Gasteiger partial charge in [-0.2, -0.15) is 0 Å². The molecular formula is C11H11BrO3. The van der Waals surface area contributed by atoms with E-state index in [4.69, 9.17) is 9.84 Å². The van der Waals surface area contributed by atoms with Crippen molar-refractivity contribution in [2.24, 2.45) is 0 Å². The second kappa shape index (κ2) is 5.56. The minimum absolute atomic E-state index is 0.236. The third kappa shape index (κ3) is 3.40. The van der Waals surface area contributed by atoms with Crippen molar-refractivity contribution in [2.45, 2.75) is 6.92 Å². The Morgan fingerprint density at radius 3 is 2.87 bits per heavy atom. The summed E-state index contributed by atoms with van der Waals surface area (Å²) >= 11 is 3.26. The maximum Gasteiger partial charge on any atom is 0.335 e. The van der Waals surface area contributed by atoms with Crippen molar-refractivity contribution in [2.75, 3.05) is 6.61 Å². The molecule has 15 heavy (non-hydrogen) atoms. The molecule has 0 aliphatic heterocycles. The Labute approximate surface area is 96.5 Å². The molecule has 4 heteroatoms. The first-order chi connectivity index (χ1) is 7.15. The Kier molecular flexibility index (Phi) is 4.37. The number of carboxylic acids is 1. The molecule has 0 aromatic heterocycles. The molecule has 0 bridgehead atoms. The summed E-state index contributed by atoms with van der Waals surface area (Å²) in [6.07, 6.45) is 3.76. The summed E-state index contributed by atoms with van der Waals surface area (Å²) in [5.74, 6) is -0.311. The fourth-order valence-corrected chi connectivity index (χ4v) is 1.48. The highest BCUT2D eigenvalue weighted by Gasteiger charge is 2.06. The smallest absolute Gasteiger partial charge is 0.335 e. The largest absolute Gasteiger partial charge is 0.488 e. The third-order valence-electron chi connectivity index (χ3n) is 1.75. The van der Waals surface area contributed by atoms with Crippen LogP contribution in [-0.4, -0.2) is 17.7 Å². The van der Waals surface area contributed by atoms with Gasteiger partial charge in [-0.25, -0.2) is 4.79 Å². The second-order valence-electron chi connectivity index (χ2n) is 2.83. The highest BCUT2D eigenvalue weighted by molar-refractivity contribution is 9.10. The van der Waals surface area contributed by atoms with Gasteiger partial charge in [0.2, 0.25) is 0 Å². The Hall–Kier alpha value is -1.29. The summed E-state index contributed by atoms with van der Waals surface area (Å²) < 4.78 is 6.03. The summed E-state index contributed by atoms with van der Waals surface area (Å²) in [7, 11) is 0. The molecule has 0 spiro atoms. The zero-order valence-electron chi connectivity index (χ0n) is 8.24. The lowest BCUT2D eigenvalue weighted by molar-refractivity contribution is 0.0697. The average molecular weight is 271 g/mol. The molecule has 1 aromatic carbocycles. The molecule has 0 fully saturated rings. The van der Waals surface area contributed by atoms with Gasteiger partial charge in [0.25, 0.3) is 0 Å². The van der Waals surface area contributed by atoms with Crippen molar-refractivity contribution in [3.05, 3.63) is 40.4 Å². The first kappa shape index (κ1) is 11.8. The number of hydrogen-bond donors (Lipinski definition) is 1. The number of hydrogen-bond acceptors (Lipinski definition) is 2. The van der Waals surface area contributed by atoms with Crippen LogP contribution in [0.25, 0.3) is 0 Å². The zero-order valence-corrected chi connectivity index (χ0v) is 9.82. The van der Waals surface area contributed by atoms with E-state index < -0.39 is 5.97 Å². The van der Waals surface area contributed by atoms with E-state index in [0.717, 1.165) is 0 Å². The minimum atomic E-state index is -0.948. The minimum Gasteiger partial charge on any atom is -0.488 e. The topological polar surface area (TPSA) is 46.5 Å². The SMILES string of the molecule is CC=CCOc1ccc(C(=O)O)cc1Br. The van der Waals surface area contributed by atoms with Gasteiger partial charge in [-0.15, -0.1) is 0 Å². The Morgan fingerprint density at radius 2 is 2.33 bits per heavy atom. The molecule has 0 heterocycles. The molecule has 80 valence electrons. The van der Waals surface area contributed by atoms with Crippen LogP contribution in [0.3, 0.4) is 0 Å². The van der Waals surface area contributed by atoms with Crippen molar-refractivity contribution in [1.29, 1.82) is 0 Å². The van der Waals surface area contributed by atoms with E-state index in [1.54, 1.807) is 6.07 Å². The maximum absolute atomic E-state index is 10.7. The normalized spacial score (nSPS) is 10.5. The van der Waals surface area contributed by atoms with Crippen LogP contribution in [0.1, 0.15) is 17.3 Å². The number of aromatic carboxylic acids is 1. The van der Waals surface area contributed by atoms with Crippen molar-refractivity contribution in [3.63, 3.8) is 0 Å². The van der Waals surface area contributed by atoms with Crippen LogP contribution in [0.5, 0.6) is 5.75 Å². The highest BCUT2D eigenvalue weighted by atomic mass is 79.9. The number of benzene rings is 1. The molecule has 1 rings (SSSR count). The number of ether oxygens (including phenoxy) is 1. The lowest BCUT2D eigenvalue weighted by atomic mass is 10.2. The van der Waals surface area contributed by atoms with Gasteiger partial charge in [0.1, 0.15) is 12.4 Å². The lowest BCUT2D eigenvalue weighted by Gasteiger charge is -2.06. The van der Waals surface area contributed by atoms with E-state index in [9.17, 15) is 4.79 Å². The number of carbonyl (C=O) groups is 1. The van der Waals surface area contributed by atoms with E-state index in [0.29, 0.717) is 16.8 Å². The molecule has 0 atom stereocenters. The monoisotopic (exact) mass is 270 g/mol. The average Bonchev–Trinajstić information content (AvgIpc) is 2.20. The fraction of sp³-hybridized carbons (Fsp3) is 0.182. The second-order valence-corrected chi connectivity index (χ2v) is 3.68. The van der Waals surface area contributed by atoms with Gasteiger partial charge in [-0.05, 0) is 41.1 Å². The Balaban J connectivity index is 2.79. The van der Waals surface area contributed by atoms with Crippen molar-refractivity contribution in [3.8, 4) is 5.75 Å². The van der Waals surface area contributed by atoms with Crippen molar-refractivity contribution < 1.29 is 14.6 Å². The van der Waals surface area contributed by atoms with Crippen LogP contribution in [0.15, 0.2) is 34.8 Å². The molecule has 0 aliphatic carbocycles. The van der Waals surface area contributed by atoms with Gasteiger partial charge in [-0.1, -0.05) is 12.2 Å². The quantitative estimate of drug-likeness (QED) is 0.856. The van der Waals surface area contributed by atoms with Crippen LogP contribution in [0, 0.1) is 0 Å². The van der Waals surface area contributed by atoms with E-state index in [1.807, 2.05) is 19.1 Å². The predicted molar refractivity (Wildman–Crippen MR) is 61.4 cm³/mol.